The van der Waals surface area contributed by atoms with Gasteiger partial charge >= 0.3 is 18.1 Å². The van der Waals surface area contributed by atoms with E-state index in [1.807, 2.05) is 7.05 Å². The average Bonchev–Trinajstić information content (AvgIpc) is 2.81. The number of hydrogen-bond acceptors (Lipinski definition) is 5. The number of pyridine rings is 1. The highest BCUT2D eigenvalue weighted by molar-refractivity contribution is 5.95. The summed E-state index contributed by atoms with van der Waals surface area (Å²) in [6.07, 6.45) is -4.08. The quantitative estimate of drug-likeness (QED) is 0.513. The van der Waals surface area contributed by atoms with Crippen molar-refractivity contribution in [2.45, 2.75) is 12.7 Å². The largest absolute Gasteiger partial charge is 0.472 e. The van der Waals surface area contributed by atoms with Crippen molar-refractivity contribution in [1.29, 1.82) is 0 Å². The molecule has 1 aliphatic rings. The molecule has 0 spiro atoms. The van der Waals surface area contributed by atoms with Crippen LogP contribution in [0.5, 0.6) is 0 Å². The number of amides is 4. The highest BCUT2D eigenvalue weighted by atomic mass is 19.4. The summed E-state index contributed by atoms with van der Waals surface area (Å²) < 4.78 is 51.2. The number of likely N-dealkylation sites (N-methyl/N-ethyl adjacent to an activating group) is 1. The van der Waals surface area contributed by atoms with E-state index in [-0.39, 0.29) is 17.8 Å². The molecule has 0 saturated carbocycles. The van der Waals surface area contributed by atoms with Gasteiger partial charge in [0.15, 0.2) is 0 Å². The van der Waals surface area contributed by atoms with Gasteiger partial charge in [-0.1, -0.05) is 12.1 Å². The first-order chi connectivity index (χ1) is 16.1. The molecule has 182 valence electrons. The van der Waals surface area contributed by atoms with Gasteiger partial charge in [0, 0.05) is 32.4 Å². The lowest BCUT2D eigenvalue weighted by atomic mass is 10.2. The second-order valence-electron chi connectivity index (χ2n) is 7.55. The van der Waals surface area contributed by atoms with E-state index in [4.69, 9.17) is 0 Å². The molecule has 0 radical (unpaired) electrons. The number of anilines is 1. The zero-order valence-electron chi connectivity index (χ0n) is 18.1. The van der Waals surface area contributed by atoms with Gasteiger partial charge in [0.2, 0.25) is 0 Å². The number of carbonyl (C=O) groups is 3. The van der Waals surface area contributed by atoms with Crippen LogP contribution in [-0.2, 0) is 11.3 Å². The van der Waals surface area contributed by atoms with Gasteiger partial charge in [0.1, 0.15) is 5.82 Å². The molecule has 1 aromatic heterocycles. The number of alkyl halides is 3. The number of rotatable bonds is 4. The molecule has 2 heterocycles. The molecule has 0 aliphatic carbocycles. The van der Waals surface area contributed by atoms with Crippen LogP contribution in [0, 0.1) is 5.82 Å². The average molecular weight is 482 g/mol. The summed E-state index contributed by atoms with van der Waals surface area (Å²) in [5.74, 6) is -3.94. The maximum atomic E-state index is 14.5. The highest BCUT2D eigenvalue weighted by Gasteiger charge is 2.39. The minimum absolute atomic E-state index is 0.0601. The summed E-state index contributed by atoms with van der Waals surface area (Å²) in [7, 11) is 1.94. The molecule has 0 unspecified atom stereocenters. The number of halogens is 4. The van der Waals surface area contributed by atoms with Crippen LogP contribution in [0.25, 0.3) is 0 Å². The third-order valence-corrected chi connectivity index (χ3v) is 5.10. The zero-order valence-corrected chi connectivity index (χ0v) is 18.1. The summed E-state index contributed by atoms with van der Waals surface area (Å²) >= 11 is 0. The summed E-state index contributed by atoms with van der Waals surface area (Å²) in [6.45, 7) is 2.17. The fourth-order valence-corrected chi connectivity index (χ4v) is 3.17. The van der Waals surface area contributed by atoms with Crippen molar-refractivity contribution in [3.8, 4) is 0 Å². The lowest BCUT2D eigenvalue weighted by Crippen LogP contribution is -2.52. The van der Waals surface area contributed by atoms with Crippen LogP contribution in [0.15, 0.2) is 42.6 Å². The van der Waals surface area contributed by atoms with E-state index >= 15 is 0 Å². The Bertz CT molecular complexity index is 1040. The Morgan fingerprint density at radius 2 is 1.71 bits per heavy atom. The first-order valence-corrected chi connectivity index (χ1v) is 10.2. The third kappa shape index (κ3) is 6.19. The summed E-state index contributed by atoms with van der Waals surface area (Å²) in [5.41, 5.74) is 3.13. The van der Waals surface area contributed by atoms with Gasteiger partial charge in [-0.2, -0.15) is 13.2 Å². The van der Waals surface area contributed by atoms with Crippen molar-refractivity contribution in [3.63, 3.8) is 0 Å². The lowest BCUT2D eigenvalue weighted by molar-refractivity contribution is -0.174. The van der Waals surface area contributed by atoms with Crippen molar-refractivity contribution < 1.29 is 31.9 Å². The van der Waals surface area contributed by atoms with Crippen molar-refractivity contribution in [2.75, 3.05) is 38.1 Å². The molecular formula is C21H22F4N6O3. The van der Waals surface area contributed by atoms with Gasteiger partial charge in [0.05, 0.1) is 23.5 Å². The van der Waals surface area contributed by atoms with Crippen molar-refractivity contribution in [2.24, 2.45) is 0 Å². The molecular weight excluding hydrogens is 460 g/mol. The number of aromatic nitrogens is 1. The molecule has 3 rings (SSSR count). The fourth-order valence-electron chi connectivity index (χ4n) is 3.17. The summed E-state index contributed by atoms with van der Waals surface area (Å²) in [4.78, 5) is 45.0. The maximum Gasteiger partial charge on any atom is 0.472 e. The van der Waals surface area contributed by atoms with Crippen molar-refractivity contribution in [3.05, 3.63) is 59.7 Å². The lowest BCUT2D eigenvalue weighted by Gasteiger charge is -2.36. The van der Waals surface area contributed by atoms with Crippen LogP contribution in [-0.4, -0.2) is 72.0 Å². The van der Waals surface area contributed by atoms with Crippen LogP contribution in [0.1, 0.15) is 16.1 Å². The van der Waals surface area contributed by atoms with Crippen molar-refractivity contribution >= 4 is 23.5 Å². The molecule has 0 bridgehead atoms. The molecule has 1 saturated heterocycles. The molecule has 1 aromatic carbocycles. The summed E-state index contributed by atoms with van der Waals surface area (Å²) in [6, 6.07) is 8.03. The van der Waals surface area contributed by atoms with Gasteiger partial charge in [-0.15, -0.1) is 0 Å². The highest BCUT2D eigenvalue weighted by Crippen LogP contribution is 2.23. The number of hydrogen-bond donors (Lipinski definition) is 2. The molecule has 9 nitrogen and oxygen atoms in total. The van der Waals surface area contributed by atoms with Gasteiger partial charge in [-0.25, -0.2) is 9.18 Å². The summed E-state index contributed by atoms with van der Waals surface area (Å²) in [5, 5.41) is 0. The minimum atomic E-state index is -5.15. The Balaban J connectivity index is 1.74. The fraction of sp³-hybridized carbons (Fsp3) is 0.333. The maximum absolute atomic E-state index is 14.5. The van der Waals surface area contributed by atoms with E-state index in [0.717, 1.165) is 6.20 Å². The Morgan fingerprint density at radius 3 is 2.29 bits per heavy atom. The number of hydrazine groups is 1. The molecule has 1 aliphatic heterocycles. The third-order valence-electron chi connectivity index (χ3n) is 5.10. The zero-order chi connectivity index (χ0) is 24.9. The minimum Gasteiger partial charge on any atom is -0.322 e. The predicted octanol–water partition coefficient (Wildman–Crippen LogP) is 1.92. The van der Waals surface area contributed by atoms with Crippen LogP contribution >= 0.6 is 0 Å². The number of para-hydroxylation sites is 1. The number of nitrogens with zero attached hydrogens (tertiary/aromatic N) is 4. The van der Waals surface area contributed by atoms with E-state index in [0.29, 0.717) is 31.9 Å². The molecule has 13 heteroatoms. The number of piperazine rings is 1. The van der Waals surface area contributed by atoms with Gasteiger partial charge in [0.25, 0.3) is 5.91 Å². The smallest absolute Gasteiger partial charge is 0.322 e. The van der Waals surface area contributed by atoms with Crippen molar-refractivity contribution in [1.82, 2.24) is 25.6 Å². The first-order valence-electron chi connectivity index (χ1n) is 10.2. The molecule has 1 fully saturated rings. The SMILES string of the molecule is CN1CCN(C(=O)N(Cc2ccc(C(=O)NNC(=O)C(F)(F)F)cn2)c2ccccc2F)CC1. The Hall–Kier alpha value is -3.74. The second-order valence-corrected chi connectivity index (χ2v) is 7.55. The van der Waals surface area contributed by atoms with E-state index in [2.05, 4.69) is 9.88 Å². The second kappa shape index (κ2) is 10.5. The number of benzene rings is 1. The van der Waals surface area contributed by atoms with E-state index in [1.54, 1.807) is 16.4 Å². The van der Waals surface area contributed by atoms with Gasteiger partial charge in [-0.05, 0) is 31.3 Å². The first kappa shape index (κ1) is 24.9. The van der Waals surface area contributed by atoms with Crippen LogP contribution < -0.4 is 15.8 Å². The monoisotopic (exact) mass is 482 g/mol. The van der Waals surface area contributed by atoms with E-state index in [9.17, 15) is 31.9 Å². The normalized spacial score (nSPS) is 14.4. The Kier molecular flexibility index (Phi) is 7.66. The number of nitrogens with one attached hydrogen (secondary N) is 2. The number of carbonyl (C=O) groups excluding carboxylic acids is 3. The molecule has 2 N–H and O–H groups in total. The van der Waals surface area contributed by atoms with Gasteiger partial charge < -0.3 is 9.80 Å². The van der Waals surface area contributed by atoms with E-state index < -0.39 is 29.8 Å². The van der Waals surface area contributed by atoms with Crippen LogP contribution in [0.2, 0.25) is 0 Å². The van der Waals surface area contributed by atoms with E-state index in [1.165, 1.54) is 40.7 Å². The van der Waals surface area contributed by atoms with Crippen LogP contribution in [0.4, 0.5) is 28.0 Å². The molecule has 0 atom stereocenters. The Morgan fingerprint density at radius 1 is 1.03 bits per heavy atom. The number of urea groups is 1. The Labute approximate surface area is 192 Å². The topological polar surface area (TPSA) is 97.9 Å². The standard InChI is InChI=1S/C21H22F4N6O3/c1-29-8-10-30(11-9-29)20(34)31(17-5-3-2-4-16(17)22)13-15-7-6-14(12-26-15)18(32)27-28-19(33)21(23,24)25/h2-7,12H,8-11,13H2,1H3,(H,27,32)(H,28,33). The van der Waals surface area contributed by atoms with Crippen LogP contribution in [0.3, 0.4) is 0 Å². The predicted molar refractivity (Wildman–Crippen MR) is 113 cm³/mol. The molecule has 34 heavy (non-hydrogen) atoms. The molecule has 4 amide bonds. The molecule has 2 aromatic rings. The van der Waals surface area contributed by atoms with Gasteiger partial charge in [-0.3, -0.25) is 30.3 Å².